The maximum atomic E-state index is 14.1. The lowest BCUT2D eigenvalue weighted by atomic mass is 9.74. The zero-order valence-electron chi connectivity index (χ0n) is 22.2. The Hall–Kier alpha value is -3.50. The molecule has 39 heavy (non-hydrogen) atoms. The molecule has 0 saturated carbocycles. The molecule has 0 unspecified atom stereocenters. The Morgan fingerprint density at radius 3 is 2.59 bits per heavy atom. The maximum absolute atomic E-state index is 14.1. The van der Waals surface area contributed by atoms with E-state index in [4.69, 9.17) is 9.47 Å². The Balaban J connectivity index is 1.55. The predicted molar refractivity (Wildman–Crippen MR) is 140 cm³/mol. The number of esters is 1. The first-order valence-electron chi connectivity index (χ1n) is 13.5. The van der Waals surface area contributed by atoms with Crippen molar-refractivity contribution in [2.24, 2.45) is 11.8 Å². The summed E-state index contributed by atoms with van der Waals surface area (Å²) in [6.45, 7) is 3.74. The Bertz CT molecular complexity index is 1180. The second-order valence-electron chi connectivity index (χ2n) is 10.7. The zero-order chi connectivity index (χ0) is 27.7. The highest BCUT2D eigenvalue weighted by atomic mass is 16.6. The van der Waals surface area contributed by atoms with Crippen molar-refractivity contribution in [3.05, 3.63) is 60.2 Å². The molecule has 10 nitrogen and oxygen atoms in total. The Morgan fingerprint density at radius 1 is 1.10 bits per heavy atom. The van der Waals surface area contributed by atoms with Crippen molar-refractivity contribution in [2.45, 2.75) is 56.6 Å². The Labute approximate surface area is 227 Å². The van der Waals surface area contributed by atoms with Gasteiger partial charge < -0.3 is 29.7 Å². The number of aliphatic hydroxyl groups excluding tert-OH is 1. The molecule has 10 heteroatoms. The van der Waals surface area contributed by atoms with Crippen LogP contribution in [-0.2, 0) is 28.7 Å². The summed E-state index contributed by atoms with van der Waals surface area (Å²) in [5.41, 5.74) is -0.627. The molecule has 4 aliphatic heterocycles. The van der Waals surface area contributed by atoms with Gasteiger partial charge in [0.15, 0.2) is 0 Å². The summed E-state index contributed by atoms with van der Waals surface area (Å²) >= 11 is 0. The molecule has 0 aliphatic carbocycles. The van der Waals surface area contributed by atoms with Gasteiger partial charge in [0.25, 0.3) is 0 Å². The molecule has 1 aromatic carbocycles. The van der Waals surface area contributed by atoms with E-state index in [2.05, 4.69) is 5.32 Å². The average molecular weight is 538 g/mol. The highest BCUT2D eigenvalue weighted by Gasteiger charge is 2.73. The number of amides is 3. The molecule has 2 N–H and O–H groups in total. The largest absolute Gasteiger partial charge is 0.455 e. The molecule has 208 valence electrons. The smallest absolute Gasteiger partial charge is 0.313 e. The van der Waals surface area contributed by atoms with Crippen LogP contribution in [0.25, 0.3) is 0 Å². The second kappa shape index (κ2) is 10.9. The van der Waals surface area contributed by atoms with Crippen LogP contribution in [0.4, 0.5) is 0 Å². The molecule has 2 fully saturated rings. The summed E-state index contributed by atoms with van der Waals surface area (Å²) < 4.78 is 12.3. The standard InChI is InChI=1S/C29H35N3O7/c1-18(2)31-14-8-4-7-11-22(34)30-17-21(19-9-5-3-6-10-19)38-28(37)23-20-12-13-29(39-20)24(23)26(35)32(15-16-33)25(29)27(31)36/h3-6,8-10,12-13,18,20-21,23-25,33H,7,11,14-17H2,1-2H3,(H,30,34)/b8-4-/t20-,21-,23+,24+,25-,29+/m0/s1. The van der Waals surface area contributed by atoms with Gasteiger partial charge in [-0.25, -0.2) is 0 Å². The number of aliphatic hydroxyl groups is 1. The van der Waals surface area contributed by atoms with Gasteiger partial charge >= 0.3 is 5.97 Å². The van der Waals surface area contributed by atoms with E-state index in [9.17, 15) is 24.3 Å². The number of nitrogens with zero attached hydrogens (tertiary/aromatic N) is 2. The highest BCUT2D eigenvalue weighted by Crippen LogP contribution is 2.55. The van der Waals surface area contributed by atoms with Crippen LogP contribution < -0.4 is 5.32 Å². The molecule has 4 heterocycles. The van der Waals surface area contributed by atoms with Crippen LogP contribution in [0.1, 0.15) is 38.4 Å². The summed E-state index contributed by atoms with van der Waals surface area (Å²) in [5.74, 6) is -3.48. The van der Waals surface area contributed by atoms with Crippen molar-refractivity contribution in [2.75, 3.05) is 26.2 Å². The quantitative estimate of drug-likeness (QED) is 0.436. The van der Waals surface area contributed by atoms with E-state index in [1.54, 1.807) is 17.1 Å². The van der Waals surface area contributed by atoms with E-state index < -0.39 is 47.6 Å². The van der Waals surface area contributed by atoms with Gasteiger partial charge in [-0.3, -0.25) is 19.2 Å². The summed E-state index contributed by atoms with van der Waals surface area (Å²) in [6, 6.07) is 7.89. The molecule has 1 aromatic rings. The lowest BCUT2D eigenvalue weighted by molar-refractivity contribution is -0.160. The van der Waals surface area contributed by atoms with Crippen LogP contribution in [0.15, 0.2) is 54.6 Å². The fraction of sp³-hybridized carbons (Fsp3) is 0.517. The molecular formula is C29H35N3O7. The first-order chi connectivity index (χ1) is 18.8. The van der Waals surface area contributed by atoms with Crippen LogP contribution in [-0.4, -0.2) is 88.6 Å². The number of β-amino-alcohol motifs (C(OH)–C–C–N with tert-alkyl or cyclic N) is 1. The molecule has 5 bridgehead atoms. The third-order valence-corrected chi connectivity index (χ3v) is 8.05. The molecule has 4 aliphatic rings. The SMILES string of the molecule is CC(C)N1C/C=C\CCC(=O)NC[C@@H](c2ccccc2)OC(=O)[C@@H]2[C@@H]3C=C[C@]4(O3)[C@H](C1=O)N(CCO)C(=O)[C@@H]24. The van der Waals surface area contributed by atoms with E-state index in [0.29, 0.717) is 12.0 Å². The first-order valence-corrected chi connectivity index (χ1v) is 13.5. The van der Waals surface area contributed by atoms with E-state index in [1.807, 2.05) is 56.3 Å². The van der Waals surface area contributed by atoms with E-state index in [-0.39, 0.29) is 50.5 Å². The minimum absolute atomic E-state index is 0.0580. The topological polar surface area (TPSA) is 125 Å². The van der Waals surface area contributed by atoms with Gasteiger partial charge in [0.1, 0.15) is 23.7 Å². The van der Waals surface area contributed by atoms with Crippen LogP contribution in [0, 0.1) is 11.8 Å². The molecule has 0 radical (unpaired) electrons. The van der Waals surface area contributed by atoms with Gasteiger partial charge in [-0.15, -0.1) is 0 Å². The normalized spacial score (nSPS) is 33.9. The summed E-state index contributed by atoms with van der Waals surface area (Å²) in [5, 5.41) is 12.6. The number of hydrogen-bond acceptors (Lipinski definition) is 7. The molecule has 3 amide bonds. The molecule has 0 aromatic heterocycles. The van der Waals surface area contributed by atoms with Gasteiger partial charge in [0.05, 0.1) is 25.2 Å². The van der Waals surface area contributed by atoms with Gasteiger partial charge in [-0.05, 0) is 25.8 Å². The number of nitrogens with one attached hydrogen (secondary N) is 1. The summed E-state index contributed by atoms with van der Waals surface area (Å²) in [7, 11) is 0. The third kappa shape index (κ3) is 4.76. The number of hydrogen-bond donors (Lipinski definition) is 2. The number of rotatable bonds is 4. The van der Waals surface area contributed by atoms with Gasteiger partial charge in [0.2, 0.25) is 17.7 Å². The first kappa shape index (κ1) is 27.1. The Kier molecular flexibility index (Phi) is 7.59. The average Bonchev–Trinajstić information content (AvgIpc) is 3.56. The van der Waals surface area contributed by atoms with Crippen LogP contribution in [0.3, 0.4) is 0 Å². The van der Waals surface area contributed by atoms with Crippen LogP contribution in [0.5, 0.6) is 0 Å². The van der Waals surface area contributed by atoms with Crippen LogP contribution >= 0.6 is 0 Å². The van der Waals surface area contributed by atoms with Crippen molar-refractivity contribution < 1.29 is 33.8 Å². The van der Waals surface area contributed by atoms with Crippen LogP contribution in [0.2, 0.25) is 0 Å². The van der Waals surface area contributed by atoms with Crippen molar-refractivity contribution >= 4 is 23.7 Å². The minimum Gasteiger partial charge on any atom is -0.455 e. The summed E-state index contributed by atoms with van der Waals surface area (Å²) in [6.07, 6.45) is 6.39. The number of ether oxygens (including phenoxy) is 2. The fourth-order valence-electron chi connectivity index (χ4n) is 6.21. The number of likely N-dealkylation sites (tertiary alicyclic amines) is 1. The third-order valence-electron chi connectivity index (χ3n) is 8.05. The number of fused-ring (bicyclic) bond motifs is 2. The minimum atomic E-state index is -1.33. The lowest BCUT2D eigenvalue weighted by Gasteiger charge is -2.37. The monoisotopic (exact) mass is 537 g/mol. The lowest BCUT2D eigenvalue weighted by Crippen LogP contribution is -2.57. The van der Waals surface area contributed by atoms with Crippen molar-refractivity contribution in [1.82, 2.24) is 15.1 Å². The molecule has 6 atom stereocenters. The number of allylic oxidation sites excluding steroid dienone is 1. The molecule has 2 saturated heterocycles. The maximum Gasteiger partial charge on any atom is 0.313 e. The summed E-state index contributed by atoms with van der Waals surface area (Å²) in [4.78, 5) is 57.2. The highest BCUT2D eigenvalue weighted by molar-refractivity contribution is 5.99. The van der Waals surface area contributed by atoms with Gasteiger partial charge in [-0.1, -0.05) is 54.6 Å². The molecular weight excluding hydrogens is 502 g/mol. The number of cyclic esters (lactones) is 1. The number of carbonyl (C=O) groups excluding carboxylic acids is 4. The van der Waals surface area contributed by atoms with E-state index in [1.165, 1.54) is 4.90 Å². The van der Waals surface area contributed by atoms with Gasteiger partial charge in [0, 0.05) is 25.6 Å². The van der Waals surface area contributed by atoms with E-state index >= 15 is 0 Å². The van der Waals surface area contributed by atoms with Crippen molar-refractivity contribution in [1.29, 1.82) is 0 Å². The predicted octanol–water partition coefficient (Wildman–Crippen LogP) is 1.12. The fourth-order valence-corrected chi connectivity index (χ4v) is 6.21. The van der Waals surface area contributed by atoms with E-state index in [0.717, 1.165) is 0 Å². The number of benzene rings is 1. The second-order valence-corrected chi connectivity index (χ2v) is 10.7. The number of carbonyl (C=O) groups is 4. The van der Waals surface area contributed by atoms with Crippen molar-refractivity contribution in [3.63, 3.8) is 0 Å². The Morgan fingerprint density at radius 2 is 1.87 bits per heavy atom. The zero-order valence-corrected chi connectivity index (χ0v) is 22.2. The molecule has 5 rings (SSSR count). The van der Waals surface area contributed by atoms with Gasteiger partial charge in [-0.2, -0.15) is 0 Å². The molecule has 1 spiro atoms. The van der Waals surface area contributed by atoms with Crippen molar-refractivity contribution in [3.8, 4) is 0 Å².